The molecule has 0 unspecified atom stereocenters. The summed E-state index contributed by atoms with van der Waals surface area (Å²) < 4.78 is 2.22. The average molecular weight is 388 g/mol. The third-order valence-electron chi connectivity index (χ3n) is 5.28. The summed E-state index contributed by atoms with van der Waals surface area (Å²) in [6, 6.07) is 20.8. The Hall–Kier alpha value is -3.08. The number of benzene rings is 2. The molecule has 150 valence electrons. The van der Waals surface area contributed by atoms with Crippen LogP contribution in [0.3, 0.4) is 0 Å². The third-order valence-corrected chi connectivity index (χ3v) is 5.28. The number of hydrogen-bond acceptors (Lipinski definition) is 2. The Morgan fingerprint density at radius 2 is 1.66 bits per heavy atom. The molecule has 1 aliphatic rings. The quantitative estimate of drug-likeness (QED) is 0.503. The van der Waals surface area contributed by atoms with Gasteiger partial charge in [-0.3, -0.25) is 4.99 Å². The van der Waals surface area contributed by atoms with Gasteiger partial charge < -0.3 is 14.8 Å². The number of aliphatic imine (C=N–C) groups is 1. The van der Waals surface area contributed by atoms with E-state index in [4.69, 9.17) is 4.99 Å². The molecule has 2 heterocycles. The maximum Gasteiger partial charge on any atom is 0.198 e. The lowest BCUT2D eigenvalue weighted by atomic mass is 10.1. The number of guanidine groups is 1. The number of likely N-dealkylation sites (tertiary alicyclic amines) is 1. The molecule has 2 aromatic carbocycles. The van der Waals surface area contributed by atoms with Crippen LogP contribution < -0.4 is 5.32 Å². The highest BCUT2D eigenvalue weighted by atomic mass is 15.3. The van der Waals surface area contributed by atoms with Crippen LogP contribution in [0.15, 0.2) is 78.0 Å². The summed E-state index contributed by atoms with van der Waals surface area (Å²) >= 11 is 0. The summed E-state index contributed by atoms with van der Waals surface area (Å²) in [7, 11) is 0. The predicted molar refractivity (Wildman–Crippen MR) is 119 cm³/mol. The molecule has 3 aromatic rings. The van der Waals surface area contributed by atoms with E-state index in [1.165, 1.54) is 24.8 Å². The Bertz CT molecular complexity index is 895. The normalized spacial score (nSPS) is 14.8. The van der Waals surface area contributed by atoms with Gasteiger partial charge >= 0.3 is 0 Å². The molecule has 1 saturated heterocycles. The van der Waals surface area contributed by atoms with Gasteiger partial charge in [0.2, 0.25) is 0 Å². The Morgan fingerprint density at radius 3 is 2.41 bits per heavy atom. The number of rotatable bonds is 6. The lowest BCUT2D eigenvalue weighted by molar-refractivity contribution is 0.340. The number of nitrogens with zero attached hydrogens (tertiary/aromatic N) is 4. The summed E-state index contributed by atoms with van der Waals surface area (Å²) in [5, 5.41) is 3.53. The molecule has 0 aliphatic carbocycles. The van der Waals surface area contributed by atoms with Crippen molar-refractivity contribution in [2.45, 2.75) is 32.2 Å². The van der Waals surface area contributed by atoms with Crippen LogP contribution in [0.5, 0.6) is 0 Å². The minimum absolute atomic E-state index is 0.720. The zero-order valence-electron chi connectivity index (χ0n) is 16.9. The number of aromatic nitrogens is 2. The van der Waals surface area contributed by atoms with E-state index in [0.717, 1.165) is 50.1 Å². The second kappa shape index (κ2) is 9.92. The Balaban J connectivity index is 1.43. The van der Waals surface area contributed by atoms with E-state index in [0.29, 0.717) is 0 Å². The molecule has 5 heteroatoms. The average Bonchev–Trinajstić information content (AvgIpc) is 3.22. The van der Waals surface area contributed by atoms with Gasteiger partial charge in [-0.15, -0.1) is 0 Å². The maximum atomic E-state index is 4.94. The van der Waals surface area contributed by atoms with Crippen molar-refractivity contribution in [1.82, 2.24) is 14.5 Å². The van der Waals surface area contributed by atoms with Crippen LogP contribution in [0.1, 0.15) is 30.7 Å². The summed E-state index contributed by atoms with van der Waals surface area (Å²) in [5.74, 6) is 2.06. The monoisotopic (exact) mass is 387 g/mol. The van der Waals surface area contributed by atoms with Crippen LogP contribution in [0.2, 0.25) is 0 Å². The van der Waals surface area contributed by atoms with Crippen LogP contribution in [0.4, 0.5) is 5.69 Å². The highest BCUT2D eigenvalue weighted by molar-refractivity contribution is 5.93. The molecule has 0 saturated carbocycles. The van der Waals surface area contributed by atoms with Gasteiger partial charge in [0.05, 0.1) is 0 Å². The smallest absolute Gasteiger partial charge is 0.198 e. The molecule has 4 rings (SSSR count). The van der Waals surface area contributed by atoms with Crippen LogP contribution >= 0.6 is 0 Å². The molecule has 29 heavy (non-hydrogen) atoms. The molecule has 0 bridgehead atoms. The fourth-order valence-corrected chi connectivity index (χ4v) is 3.73. The largest absolute Gasteiger partial charge is 0.343 e. The second-order valence-corrected chi connectivity index (χ2v) is 7.45. The molecule has 0 atom stereocenters. The molecule has 1 aliphatic heterocycles. The minimum Gasteiger partial charge on any atom is -0.343 e. The van der Waals surface area contributed by atoms with E-state index >= 15 is 0 Å². The first-order valence-corrected chi connectivity index (χ1v) is 10.5. The first-order valence-electron chi connectivity index (χ1n) is 10.5. The van der Waals surface area contributed by atoms with Crippen molar-refractivity contribution in [2.75, 3.05) is 25.0 Å². The molecule has 0 radical (unpaired) electrons. The Kier molecular flexibility index (Phi) is 6.58. The fraction of sp³-hybridized carbons (Fsp3) is 0.333. The van der Waals surface area contributed by atoms with Gasteiger partial charge in [-0.05, 0) is 37.0 Å². The molecular weight excluding hydrogens is 358 g/mol. The van der Waals surface area contributed by atoms with Crippen LogP contribution in [0.25, 0.3) is 0 Å². The summed E-state index contributed by atoms with van der Waals surface area (Å²) in [6.07, 6.45) is 8.54. The first-order chi connectivity index (χ1) is 14.4. The summed E-state index contributed by atoms with van der Waals surface area (Å²) in [6.45, 7) is 3.71. The highest BCUT2D eigenvalue weighted by Gasteiger charge is 2.15. The first kappa shape index (κ1) is 19.2. The standard InChI is InChI=1S/C24H29N5/c1-4-10-21(11-5-1)20-29-19-16-25-23(29)14-15-26-24(28-17-8-3-9-18-28)27-22-12-6-2-7-13-22/h1-2,4-7,10-13,16,19H,3,8-9,14-15,17-18,20H2,(H,26,27). The van der Waals surface area contributed by atoms with Crippen molar-refractivity contribution in [1.29, 1.82) is 0 Å². The van der Waals surface area contributed by atoms with E-state index in [1.807, 2.05) is 12.3 Å². The fourth-order valence-electron chi connectivity index (χ4n) is 3.73. The molecule has 0 amide bonds. The number of nitrogens with one attached hydrogen (secondary N) is 1. The van der Waals surface area contributed by atoms with Crippen LogP contribution in [-0.4, -0.2) is 40.0 Å². The third kappa shape index (κ3) is 5.47. The van der Waals surface area contributed by atoms with E-state index in [-0.39, 0.29) is 0 Å². The molecule has 1 aromatic heterocycles. The van der Waals surface area contributed by atoms with Crippen molar-refractivity contribution in [3.63, 3.8) is 0 Å². The number of anilines is 1. The zero-order chi connectivity index (χ0) is 19.7. The zero-order valence-corrected chi connectivity index (χ0v) is 16.9. The van der Waals surface area contributed by atoms with Gasteiger partial charge in [0, 0.05) is 50.7 Å². The van der Waals surface area contributed by atoms with Gasteiger partial charge in [0.15, 0.2) is 5.96 Å². The molecule has 0 spiro atoms. The lowest BCUT2D eigenvalue weighted by Gasteiger charge is -2.30. The Labute approximate surface area is 173 Å². The highest BCUT2D eigenvalue weighted by Crippen LogP contribution is 2.13. The van der Waals surface area contributed by atoms with E-state index < -0.39 is 0 Å². The molecule has 5 nitrogen and oxygen atoms in total. The topological polar surface area (TPSA) is 45.5 Å². The van der Waals surface area contributed by atoms with E-state index in [1.54, 1.807) is 0 Å². The molecule has 1 fully saturated rings. The summed E-state index contributed by atoms with van der Waals surface area (Å²) in [4.78, 5) is 11.9. The lowest BCUT2D eigenvalue weighted by Crippen LogP contribution is -2.40. The van der Waals surface area contributed by atoms with Gasteiger partial charge in [-0.25, -0.2) is 4.98 Å². The van der Waals surface area contributed by atoms with Crippen LogP contribution in [0, 0.1) is 0 Å². The van der Waals surface area contributed by atoms with Gasteiger partial charge in [-0.2, -0.15) is 0 Å². The number of hydrogen-bond donors (Lipinski definition) is 1. The molecular formula is C24H29N5. The van der Waals surface area contributed by atoms with Crippen molar-refractivity contribution in [3.8, 4) is 0 Å². The SMILES string of the molecule is c1ccc(Cn2ccnc2CCN=C(Nc2ccccc2)N2CCCCC2)cc1. The van der Waals surface area contributed by atoms with Crippen molar-refractivity contribution >= 4 is 11.6 Å². The number of piperidine rings is 1. The van der Waals surface area contributed by atoms with E-state index in [9.17, 15) is 0 Å². The minimum atomic E-state index is 0.720. The van der Waals surface area contributed by atoms with Crippen molar-refractivity contribution < 1.29 is 0 Å². The van der Waals surface area contributed by atoms with Gasteiger partial charge in [0.25, 0.3) is 0 Å². The summed E-state index contributed by atoms with van der Waals surface area (Å²) in [5.41, 5.74) is 2.37. The van der Waals surface area contributed by atoms with Crippen LogP contribution in [-0.2, 0) is 13.0 Å². The van der Waals surface area contributed by atoms with E-state index in [2.05, 4.69) is 80.6 Å². The van der Waals surface area contributed by atoms with Gasteiger partial charge in [0.1, 0.15) is 5.82 Å². The van der Waals surface area contributed by atoms with Crippen molar-refractivity contribution in [2.24, 2.45) is 4.99 Å². The van der Waals surface area contributed by atoms with Crippen molar-refractivity contribution in [3.05, 3.63) is 84.4 Å². The maximum absolute atomic E-state index is 4.94. The number of imidazole rings is 1. The van der Waals surface area contributed by atoms with Gasteiger partial charge in [-0.1, -0.05) is 48.5 Å². The second-order valence-electron chi connectivity index (χ2n) is 7.45. The Morgan fingerprint density at radius 1 is 0.931 bits per heavy atom. The predicted octanol–water partition coefficient (Wildman–Crippen LogP) is 4.43. The number of para-hydroxylation sites is 1. The molecule has 1 N–H and O–H groups in total.